The van der Waals surface area contributed by atoms with Gasteiger partial charge in [-0.15, -0.1) is 0 Å². The summed E-state index contributed by atoms with van der Waals surface area (Å²) in [4.78, 5) is 27.1. The normalized spacial score (nSPS) is 22.6. The van der Waals surface area contributed by atoms with Crippen LogP contribution < -0.4 is 0 Å². The van der Waals surface area contributed by atoms with Crippen molar-refractivity contribution in [3.05, 3.63) is 0 Å². The van der Waals surface area contributed by atoms with E-state index in [1.165, 1.54) is 9.80 Å². The van der Waals surface area contributed by atoms with E-state index in [1.54, 1.807) is 0 Å². The summed E-state index contributed by atoms with van der Waals surface area (Å²) in [6, 6.07) is -0.273. The zero-order valence-electron chi connectivity index (χ0n) is 11.8. The van der Waals surface area contributed by atoms with Crippen LogP contribution in [0.2, 0.25) is 0 Å². The van der Waals surface area contributed by atoms with Crippen LogP contribution in [0.15, 0.2) is 0 Å². The minimum Gasteiger partial charge on any atom is -0.479 e. The Morgan fingerprint density at radius 2 is 2.05 bits per heavy atom. The van der Waals surface area contributed by atoms with E-state index in [0.29, 0.717) is 32.4 Å². The van der Waals surface area contributed by atoms with Crippen molar-refractivity contribution in [3.63, 3.8) is 0 Å². The molecule has 1 atom stereocenters. The Balaban J connectivity index is 2.95. The Bertz CT molecular complexity index is 335. The van der Waals surface area contributed by atoms with Crippen molar-refractivity contribution in [2.45, 2.75) is 45.1 Å². The third-order valence-electron chi connectivity index (χ3n) is 3.80. The quantitative estimate of drug-likeness (QED) is 0.759. The number of likely N-dealkylation sites (N-methyl/N-ethyl adjacent to an activating group) is 1. The second kappa shape index (κ2) is 6.75. The molecule has 1 aliphatic heterocycles. The van der Waals surface area contributed by atoms with E-state index in [4.69, 9.17) is 5.11 Å². The van der Waals surface area contributed by atoms with Gasteiger partial charge >= 0.3 is 12.0 Å². The molecule has 0 spiro atoms. The molecule has 1 heterocycles. The van der Waals surface area contributed by atoms with Crippen LogP contribution in [0.25, 0.3) is 0 Å². The molecule has 1 rings (SSSR count). The van der Waals surface area contributed by atoms with Crippen LogP contribution in [0.4, 0.5) is 4.79 Å². The third-order valence-corrected chi connectivity index (χ3v) is 3.80. The minimum absolute atomic E-state index is 0.110. The topological polar surface area (TPSA) is 81.1 Å². The summed E-state index contributed by atoms with van der Waals surface area (Å²) in [6.45, 7) is 4.84. The van der Waals surface area contributed by atoms with Crippen molar-refractivity contribution in [2.75, 3.05) is 26.2 Å². The third kappa shape index (κ3) is 3.00. The molecular formula is C13H24N2O4. The van der Waals surface area contributed by atoms with E-state index in [9.17, 15) is 14.7 Å². The summed E-state index contributed by atoms with van der Waals surface area (Å²) in [7, 11) is 0. The van der Waals surface area contributed by atoms with Gasteiger partial charge in [-0.2, -0.15) is 0 Å². The second-order valence-electron chi connectivity index (χ2n) is 4.93. The Kier molecular flexibility index (Phi) is 5.60. The molecule has 0 radical (unpaired) electrons. The van der Waals surface area contributed by atoms with Crippen molar-refractivity contribution >= 4 is 12.0 Å². The number of rotatable bonds is 6. The van der Waals surface area contributed by atoms with Gasteiger partial charge in [-0.3, -0.25) is 0 Å². The highest BCUT2D eigenvalue weighted by atomic mass is 16.4. The maximum atomic E-state index is 12.4. The highest BCUT2D eigenvalue weighted by Gasteiger charge is 2.49. The molecule has 0 aliphatic carbocycles. The molecule has 110 valence electrons. The highest BCUT2D eigenvalue weighted by Crippen LogP contribution is 2.34. The fraction of sp³-hybridized carbons (Fsp3) is 0.846. The average Bonchev–Trinajstić information content (AvgIpc) is 2.80. The lowest BCUT2D eigenvalue weighted by Gasteiger charge is -2.37. The van der Waals surface area contributed by atoms with Crippen molar-refractivity contribution in [2.24, 2.45) is 0 Å². The molecule has 6 nitrogen and oxygen atoms in total. The molecule has 1 saturated heterocycles. The fourth-order valence-corrected chi connectivity index (χ4v) is 2.84. The lowest BCUT2D eigenvalue weighted by atomic mass is 9.91. The van der Waals surface area contributed by atoms with E-state index >= 15 is 0 Å². The van der Waals surface area contributed by atoms with Crippen molar-refractivity contribution in [3.8, 4) is 0 Å². The van der Waals surface area contributed by atoms with Crippen LogP contribution in [0.1, 0.15) is 39.5 Å². The van der Waals surface area contributed by atoms with Gasteiger partial charge in [0, 0.05) is 19.6 Å². The molecule has 0 aromatic rings. The number of carbonyl (C=O) groups is 2. The molecule has 1 aliphatic rings. The van der Waals surface area contributed by atoms with Gasteiger partial charge in [0.15, 0.2) is 0 Å². The van der Waals surface area contributed by atoms with Gasteiger partial charge in [-0.1, -0.05) is 13.3 Å². The van der Waals surface area contributed by atoms with Crippen molar-refractivity contribution in [1.29, 1.82) is 0 Å². The number of carbonyl (C=O) groups excluding carboxylic acids is 1. The summed E-state index contributed by atoms with van der Waals surface area (Å²) in [5.41, 5.74) is -1.06. The molecule has 1 fully saturated rings. The maximum Gasteiger partial charge on any atom is 0.329 e. The van der Waals surface area contributed by atoms with Gasteiger partial charge in [0.25, 0.3) is 0 Å². The van der Waals surface area contributed by atoms with Gasteiger partial charge < -0.3 is 20.0 Å². The number of aliphatic hydroxyl groups excluding tert-OH is 1. The lowest BCUT2D eigenvalue weighted by molar-refractivity contribution is -0.148. The molecule has 6 heteroatoms. The van der Waals surface area contributed by atoms with E-state index in [0.717, 1.165) is 6.42 Å². The number of urea groups is 1. The number of amides is 2. The number of carboxylic acids is 1. The van der Waals surface area contributed by atoms with Gasteiger partial charge in [-0.05, 0) is 26.2 Å². The van der Waals surface area contributed by atoms with Crippen molar-refractivity contribution in [1.82, 2.24) is 9.80 Å². The Labute approximate surface area is 114 Å². The number of carboxylic acid groups (broad SMARTS) is 1. The summed E-state index contributed by atoms with van der Waals surface area (Å²) < 4.78 is 0. The first-order valence-electron chi connectivity index (χ1n) is 6.94. The molecule has 2 amide bonds. The molecule has 0 bridgehead atoms. The van der Waals surface area contributed by atoms with E-state index in [-0.39, 0.29) is 19.2 Å². The van der Waals surface area contributed by atoms with Gasteiger partial charge in [-0.25, -0.2) is 9.59 Å². The van der Waals surface area contributed by atoms with Crippen molar-refractivity contribution < 1.29 is 19.8 Å². The predicted molar refractivity (Wildman–Crippen MR) is 70.9 cm³/mol. The molecule has 0 saturated carbocycles. The van der Waals surface area contributed by atoms with E-state index in [2.05, 4.69) is 0 Å². The Morgan fingerprint density at radius 1 is 1.37 bits per heavy atom. The number of nitrogens with zero attached hydrogens (tertiary/aromatic N) is 2. The summed E-state index contributed by atoms with van der Waals surface area (Å²) in [5.74, 6) is -0.916. The summed E-state index contributed by atoms with van der Waals surface area (Å²) in [6.07, 6.45) is 2.43. The number of aliphatic carboxylic acids is 1. The number of likely N-dealkylation sites (tertiary alicyclic amines) is 1. The first kappa shape index (κ1) is 15.8. The molecular weight excluding hydrogens is 248 g/mol. The fourth-order valence-electron chi connectivity index (χ4n) is 2.84. The first-order chi connectivity index (χ1) is 9.03. The number of aliphatic hydroxyl groups is 1. The first-order valence-corrected chi connectivity index (χ1v) is 6.94. The van der Waals surface area contributed by atoms with Crippen LogP contribution in [0.3, 0.4) is 0 Å². The summed E-state index contributed by atoms with van der Waals surface area (Å²) >= 11 is 0. The smallest absolute Gasteiger partial charge is 0.329 e. The second-order valence-corrected chi connectivity index (χ2v) is 4.93. The Hall–Kier alpha value is -1.30. The van der Waals surface area contributed by atoms with Crippen LogP contribution in [-0.4, -0.2) is 63.8 Å². The van der Waals surface area contributed by atoms with Crippen LogP contribution in [0.5, 0.6) is 0 Å². The molecule has 19 heavy (non-hydrogen) atoms. The number of hydrogen-bond acceptors (Lipinski definition) is 3. The monoisotopic (exact) mass is 272 g/mol. The van der Waals surface area contributed by atoms with Gasteiger partial charge in [0.05, 0.1) is 6.61 Å². The van der Waals surface area contributed by atoms with Gasteiger partial charge in [0.1, 0.15) is 5.54 Å². The largest absolute Gasteiger partial charge is 0.479 e. The Morgan fingerprint density at radius 3 is 2.53 bits per heavy atom. The van der Waals surface area contributed by atoms with Gasteiger partial charge in [0.2, 0.25) is 0 Å². The van der Waals surface area contributed by atoms with Crippen LogP contribution in [0, 0.1) is 0 Å². The minimum atomic E-state index is -1.06. The zero-order valence-corrected chi connectivity index (χ0v) is 11.8. The van der Waals surface area contributed by atoms with E-state index in [1.807, 2.05) is 13.8 Å². The maximum absolute atomic E-state index is 12.4. The standard InChI is InChI=1S/C13H24N2O4/c1-3-6-13(11(17)18)7-5-8-15(13)12(19)14(4-2)9-10-16/h16H,3-10H2,1-2H3,(H,17,18). The molecule has 2 N–H and O–H groups in total. The number of hydrogen-bond donors (Lipinski definition) is 2. The lowest BCUT2D eigenvalue weighted by Crippen LogP contribution is -2.57. The predicted octanol–water partition coefficient (Wildman–Crippen LogP) is 1.14. The average molecular weight is 272 g/mol. The van der Waals surface area contributed by atoms with Crippen LogP contribution >= 0.6 is 0 Å². The van der Waals surface area contributed by atoms with Crippen LogP contribution in [-0.2, 0) is 4.79 Å². The molecule has 1 unspecified atom stereocenters. The molecule has 0 aromatic heterocycles. The molecule has 0 aromatic carbocycles. The van der Waals surface area contributed by atoms with E-state index < -0.39 is 11.5 Å². The summed E-state index contributed by atoms with van der Waals surface area (Å²) in [5, 5.41) is 18.5. The SMILES string of the molecule is CCCC1(C(=O)O)CCCN1C(=O)N(CC)CCO. The zero-order chi connectivity index (χ0) is 14.5. The highest BCUT2D eigenvalue weighted by molar-refractivity contribution is 5.87.